The molecule has 11 aromatic carbocycles. The number of nitrogens with zero attached hydrogens (tertiary/aromatic N) is 1. The molecule has 0 unspecified atom stereocenters. The highest BCUT2D eigenvalue weighted by atomic mass is 32.1. The zero-order chi connectivity index (χ0) is 44.8. The van der Waals surface area contributed by atoms with Crippen molar-refractivity contribution in [3.8, 4) is 33.4 Å². The lowest BCUT2D eigenvalue weighted by atomic mass is 9.67. The molecule has 317 valence electrons. The van der Waals surface area contributed by atoms with Gasteiger partial charge in [-0.1, -0.05) is 211 Å². The van der Waals surface area contributed by atoms with Gasteiger partial charge in [0.05, 0.1) is 5.41 Å². The maximum Gasteiger partial charge on any atom is 0.156 e. The van der Waals surface area contributed by atoms with Crippen molar-refractivity contribution >= 4 is 83.7 Å². The normalized spacial score (nSPS) is 13.4. The van der Waals surface area contributed by atoms with Crippen LogP contribution in [0.3, 0.4) is 0 Å². The monoisotopic (exact) mass is 896 g/mol. The van der Waals surface area contributed by atoms with E-state index in [2.05, 4.69) is 260 Å². The summed E-state index contributed by atoms with van der Waals surface area (Å²) in [6.45, 7) is 0. The first-order valence-corrected chi connectivity index (χ1v) is 25.8. The zero-order valence-electron chi connectivity index (χ0n) is 37.1. The molecule has 0 N–H and O–H groups in total. The minimum atomic E-state index is -1.17. The van der Waals surface area contributed by atoms with Gasteiger partial charge in [0.15, 0.2) is 8.80 Å². The smallest absolute Gasteiger partial charge is 0.156 e. The molecule has 0 bridgehead atoms. The number of hydrogen-bond donors (Lipinski definition) is 0. The maximum absolute atomic E-state index is 2.46. The summed E-state index contributed by atoms with van der Waals surface area (Å²) in [6.07, 6.45) is 0. The predicted molar refractivity (Wildman–Crippen MR) is 291 cm³/mol. The van der Waals surface area contributed by atoms with E-state index in [-0.39, 0.29) is 0 Å². The molecule has 0 fully saturated rings. The van der Waals surface area contributed by atoms with Crippen LogP contribution >= 0.6 is 11.3 Å². The Balaban J connectivity index is 0.942. The molecule has 0 amide bonds. The van der Waals surface area contributed by atoms with E-state index in [1.165, 1.54) is 102 Å². The fraction of sp³-hybridized carbons (Fsp3) is 0.0154. The Morgan fingerprint density at radius 2 is 0.926 bits per heavy atom. The molecule has 0 saturated heterocycles. The molecule has 1 aliphatic carbocycles. The van der Waals surface area contributed by atoms with E-state index >= 15 is 0 Å². The number of anilines is 3. The number of thiophene rings is 1. The van der Waals surface area contributed by atoms with Crippen LogP contribution in [0.15, 0.2) is 255 Å². The summed E-state index contributed by atoms with van der Waals surface area (Å²) in [6, 6.07) is 95.2. The van der Waals surface area contributed by atoms with Gasteiger partial charge in [-0.3, -0.25) is 0 Å². The predicted octanol–water partition coefficient (Wildman–Crippen LogP) is 15.2. The molecule has 0 spiro atoms. The SMILES string of the molecule is c1ccc(N(c2ccc(-c3cccc4sc5ccc6ccc7c(c6c5c34)-c3ccccc3[Si]7c3ccccc3)cc2)c2ccc3c(c2)C(c2ccccc2)(c2ccccc2)c2ccccc2-3)cc1. The lowest BCUT2D eigenvalue weighted by Gasteiger charge is -2.35. The average Bonchev–Trinajstić information content (AvgIpc) is 4.07. The van der Waals surface area contributed by atoms with Crippen LogP contribution in [0.5, 0.6) is 0 Å². The molecule has 3 heteroatoms. The van der Waals surface area contributed by atoms with E-state index in [1.54, 1.807) is 0 Å². The number of para-hydroxylation sites is 1. The fourth-order valence-electron chi connectivity index (χ4n) is 11.8. The van der Waals surface area contributed by atoms with Crippen LogP contribution in [0.25, 0.3) is 64.3 Å². The van der Waals surface area contributed by atoms with Gasteiger partial charge in [-0.25, -0.2) is 0 Å². The molecule has 1 aromatic heterocycles. The van der Waals surface area contributed by atoms with Gasteiger partial charge in [-0.2, -0.15) is 0 Å². The summed E-state index contributed by atoms with van der Waals surface area (Å²) >= 11 is 1.91. The summed E-state index contributed by atoms with van der Waals surface area (Å²) in [5.41, 5.74) is 15.8. The second-order valence-corrected chi connectivity index (χ2v) is 21.6. The highest BCUT2D eigenvalue weighted by Crippen LogP contribution is 2.57. The Bertz CT molecular complexity index is 3860. The van der Waals surface area contributed by atoms with E-state index in [0.717, 1.165) is 17.1 Å². The molecular weight excluding hydrogens is 855 g/mol. The quantitative estimate of drug-likeness (QED) is 0.144. The second kappa shape index (κ2) is 15.5. The molecule has 14 rings (SSSR count). The lowest BCUT2D eigenvalue weighted by molar-refractivity contribution is 0.768. The van der Waals surface area contributed by atoms with Crippen molar-refractivity contribution in [1.82, 2.24) is 0 Å². The van der Waals surface area contributed by atoms with Crippen molar-refractivity contribution in [3.63, 3.8) is 0 Å². The maximum atomic E-state index is 2.46. The van der Waals surface area contributed by atoms with Gasteiger partial charge >= 0.3 is 0 Å². The van der Waals surface area contributed by atoms with Gasteiger partial charge in [-0.05, 0) is 125 Å². The highest BCUT2D eigenvalue weighted by Gasteiger charge is 2.46. The van der Waals surface area contributed by atoms with Crippen molar-refractivity contribution in [2.75, 3.05) is 4.90 Å². The first-order valence-electron chi connectivity index (χ1n) is 23.5. The van der Waals surface area contributed by atoms with Crippen molar-refractivity contribution in [2.45, 2.75) is 5.41 Å². The van der Waals surface area contributed by atoms with Gasteiger partial charge in [-0.15, -0.1) is 11.3 Å². The molecule has 1 radical (unpaired) electrons. The van der Waals surface area contributed by atoms with Crippen LogP contribution in [-0.4, -0.2) is 8.80 Å². The van der Waals surface area contributed by atoms with E-state index in [1.807, 2.05) is 11.3 Å². The van der Waals surface area contributed by atoms with E-state index < -0.39 is 14.2 Å². The van der Waals surface area contributed by atoms with Crippen LogP contribution in [0.4, 0.5) is 17.1 Å². The number of fused-ring (bicyclic) bond motifs is 12. The first kappa shape index (κ1) is 39.1. The molecule has 1 aliphatic heterocycles. The van der Waals surface area contributed by atoms with Crippen molar-refractivity contribution in [2.24, 2.45) is 0 Å². The van der Waals surface area contributed by atoms with E-state index in [0.29, 0.717) is 0 Å². The van der Waals surface area contributed by atoms with Crippen molar-refractivity contribution in [3.05, 3.63) is 277 Å². The molecule has 2 heterocycles. The van der Waals surface area contributed by atoms with Gasteiger partial charge < -0.3 is 4.90 Å². The van der Waals surface area contributed by atoms with Crippen LogP contribution < -0.4 is 20.5 Å². The Morgan fingerprint density at radius 1 is 0.353 bits per heavy atom. The van der Waals surface area contributed by atoms with Gasteiger partial charge in [0.2, 0.25) is 0 Å². The highest BCUT2D eigenvalue weighted by molar-refractivity contribution is 7.26. The molecule has 1 nitrogen and oxygen atoms in total. The number of rotatable bonds is 7. The Hall–Kier alpha value is -8.08. The van der Waals surface area contributed by atoms with Gasteiger partial charge in [0.25, 0.3) is 0 Å². The van der Waals surface area contributed by atoms with Crippen LogP contribution in [-0.2, 0) is 5.41 Å². The molecule has 0 saturated carbocycles. The van der Waals surface area contributed by atoms with E-state index in [4.69, 9.17) is 0 Å². The van der Waals surface area contributed by atoms with Gasteiger partial charge in [0, 0.05) is 37.2 Å². The van der Waals surface area contributed by atoms with E-state index in [9.17, 15) is 0 Å². The van der Waals surface area contributed by atoms with Crippen molar-refractivity contribution in [1.29, 1.82) is 0 Å². The number of hydrogen-bond acceptors (Lipinski definition) is 2. The average molecular weight is 897 g/mol. The van der Waals surface area contributed by atoms with Crippen LogP contribution in [0, 0.1) is 0 Å². The molecule has 12 aromatic rings. The summed E-state index contributed by atoms with van der Waals surface area (Å²) in [7, 11) is -1.17. The third-order valence-corrected chi connectivity index (χ3v) is 18.6. The summed E-state index contributed by atoms with van der Waals surface area (Å²) in [5.74, 6) is 0. The standard InChI is InChI=1S/C65H42NSSi/c1-5-18-45(19-6-1)65(46-20-7-2-8-21-46)55-29-15-13-26-52(55)53-39-38-49(42-56(53)65)66(47-22-9-3-10-23-47)48-36-32-43(33-37-48)51-28-17-30-57-62(51)64-58(67-57)40-34-44-35-41-60-63(61(44)64)54-27-14-16-31-59(54)68(60)50-24-11-4-12-25-50/h1-42H. The minimum absolute atomic E-state index is 0.491. The summed E-state index contributed by atoms with van der Waals surface area (Å²) < 4.78 is 2.65. The molecule has 0 atom stereocenters. The third kappa shape index (κ3) is 5.73. The second-order valence-electron chi connectivity index (χ2n) is 18.1. The first-order chi connectivity index (χ1) is 33.8. The number of benzene rings is 11. The minimum Gasteiger partial charge on any atom is -0.310 e. The topological polar surface area (TPSA) is 3.24 Å². The molecular formula is C65H42NSSi. The lowest BCUT2D eigenvalue weighted by Crippen LogP contribution is -2.48. The molecule has 2 aliphatic rings. The Kier molecular flexibility index (Phi) is 8.92. The fourth-order valence-corrected chi connectivity index (χ4v) is 15.9. The Morgan fingerprint density at radius 3 is 1.68 bits per heavy atom. The van der Waals surface area contributed by atoms with Crippen molar-refractivity contribution < 1.29 is 0 Å². The Labute approximate surface area is 402 Å². The largest absolute Gasteiger partial charge is 0.310 e. The van der Waals surface area contributed by atoms with Crippen LogP contribution in [0.1, 0.15) is 22.3 Å². The summed E-state index contributed by atoms with van der Waals surface area (Å²) in [4.78, 5) is 2.43. The summed E-state index contributed by atoms with van der Waals surface area (Å²) in [5, 5.41) is 9.81. The zero-order valence-corrected chi connectivity index (χ0v) is 38.9. The van der Waals surface area contributed by atoms with Gasteiger partial charge in [0.1, 0.15) is 0 Å². The third-order valence-electron chi connectivity index (χ3n) is 14.6. The molecule has 68 heavy (non-hydrogen) atoms. The van der Waals surface area contributed by atoms with Crippen LogP contribution in [0.2, 0.25) is 0 Å².